The number of carbonyl (C=O) groups excluding carboxylic acids is 3. The average molecular weight is 277 g/mol. The number of likely N-dealkylation sites (tertiary alicyclic amines) is 1. The van der Waals surface area contributed by atoms with Crippen molar-refractivity contribution in [2.45, 2.75) is 25.7 Å². The summed E-state index contributed by atoms with van der Waals surface area (Å²) in [6.07, 6.45) is 4.66. The predicted octanol–water partition coefficient (Wildman–Crippen LogP) is 0.334. The molecule has 0 radical (unpaired) electrons. The van der Waals surface area contributed by atoms with Gasteiger partial charge in [-0.3, -0.25) is 19.7 Å². The molecule has 20 heavy (non-hydrogen) atoms. The van der Waals surface area contributed by atoms with Crippen molar-refractivity contribution in [1.82, 2.24) is 15.2 Å². The summed E-state index contributed by atoms with van der Waals surface area (Å²) < 4.78 is 5.00. The zero-order valence-electron chi connectivity index (χ0n) is 10.9. The van der Waals surface area contributed by atoms with Crippen molar-refractivity contribution in [3.05, 3.63) is 18.4 Å². The molecular formula is C13H15N3O4. The van der Waals surface area contributed by atoms with Crippen molar-refractivity contribution >= 4 is 17.7 Å². The van der Waals surface area contributed by atoms with Gasteiger partial charge in [0.2, 0.25) is 17.6 Å². The standard InChI is InChI=1S/C13H15N3O4/c17-10-5-13(6-11(18)15-10)1-3-16(4-2-13)12(19)9-7-14-8-20-9/h7-8H,1-6H2,(H,15,17,18). The lowest BCUT2D eigenvalue weighted by Crippen LogP contribution is -2.50. The first-order chi connectivity index (χ1) is 9.58. The second kappa shape index (κ2) is 4.73. The molecular weight excluding hydrogens is 262 g/mol. The van der Waals surface area contributed by atoms with Gasteiger partial charge in [0.1, 0.15) is 0 Å². The van der Waals surface area contributed by atoms with Gasteiger partial charge in [0.05, 0.1) is 6.20 Å². The zero-order chi connectivity index (χ0) is 14.2. The summed E-state index contributed by atoms with van der Waals surface area (Å²) in [5.41, 5.74) is -0.280. The Morgan fingerprint density at radius 1 is 1.25 bits per heavy atom. The lowest BCUT2D eigenvalue weighted by molar-refractivity contribution is -0.139. The van der Waals surface area contributed by atoms with Gasteiger partial charge < -0.3 is 9.32 Å². The van der Waals surface area contributed by atoms with Crippen LogP contribution in [0.15, 0.2) is 17.0 Å². The number of amides is 3. The van der Waals surface area contributed by atoms with E-state index in [4.69, 9.17) is 4.42 Å². The highest BCUT2D eigenvalue weighted by molar-refractivity contribution is 5.98. The number of nitrogens with one attached hydrogen (secondary N) is 1. The second-order valence-corrected chi connectivity index (χ2v) is 5.48. The van der Waals surface area contributed by atoms with E-state index in [0.717, 1.165) is 0 Å². The minimum atomic E-state index is -0.280. The van der Waals surface area contributed by atoms with Crippen molar-refractivity contribution in [3.63, 3.8) is 0 Å². The summed E-state index contributed by atoms with van der Waals surface area (Å²) in [4.78, 5) is 40.5. The Morgan fingerprint density at radius 2 is 1.90 bits per heavy atom. The molecule has 7 heteroatoms. The smallest absolute Gasteiger partial charge is 0.291 e. The van der Waals surface area contributed by atoms with E-state index in [1.807, 2.05) is 0 Å². The molecule has 0 aromatic carbocycles. The molecule has 0 atom stereocenters. The molecule has 2 aliphatic heterocycles. The predicted molar refractivity (Wildman–Crippen MR) is 66.5 cm³/mol. The van der Waals surface area contributed by atoms with Crippen LogP contribution in [-0.4, -0.2) is 40.7 Å². The van der Waals surface area contributed by atoms with Crippen LogP contribution >= 0.6 is 0 Å². The fourth-order valence-electron chi connectivity index (χ4n) is 3.00. The van der Waals surface area contributed by atoms with Crippen LogP contribution in [0.1, 0.15) is 36.2 Å². The molecule has 1 spiro atoms. The number of nitrogens with zero attached hydrogens (tertiary/aromatic N) is 2. The molecule has 106 valence electrons. The first-order valence-corrected chi connectivity index (χ1v) is 6.58. The number of aromatic nitrogens is 1. The van der Waals surface area contributed by atoms with Crippen molar-refractivity contribution < 1.29 is 18.8 Å². The normalized spacial score (nSPS) is 21.9. The van der Waals surface area contributed by atoms with Crippen molar-refractivity contribution in [2.75, 3.05) is 13.1 Å². The molecule has 2 saturated heterocycles. The molecule has 0 bridgehead atoms. The number of hydrogen-bond acceptors (Lipinski definition) is 5. The SMILES string of the molecule is O=C1CC2(CCN(C(=O)c3cnco3)CC2)CC(=O)N1. The van der Waals surface area contributed by atoms with Gasteiger partial charge in [0.15, 0.2) is 6.39 Å². The minimum absolute atomic E-state index is 0.191. The highest BCUT2D eigenvalue weighted by atomic mass is 16.3. The molecule has 1 aromatic heterocycles. The maximum absolute atomic E-state index is 12.1. The van der Waals surface area contributed by atoms with E-state index < -0.39 is 0 Å². The third-order valence-corrected chi connectivity index (χ3v) is 4.10. The van der Waals surface area contributed by atoms with Gasteiger partial charge >= 0.3 is 0 Å². The van der Waals surface area contributed by atoms with Crippen LogP contribution in [0.3, 0.4) is 0 Å². The lowest BCUT2D eigenvalue weighted by Gasteiger charge is -2.42. The van der Waals surface area contributed by atoms with Gasteiger partial charge in [0.25, 0.3) is 5.91 Å². The summed E-state index contributed by atoms with van der Waals surface area (Å²) >= 11 is 0. The molecule has 0 saturated carbocycles. The number of imide groups is 1. The summed E-state index contributed by atoms with van der Waals surface area (Å²) in [5.74, 6) is -0.394. The Bertz CT molecular complexity index is 526. The molecule has 3 amide bonds. The monoisotopic (exact) mass is 277 g/mol. The molecule has 1 aromatic rings. The van der Waals surface area contributed by atoms with Gasteiger partial charge in [0, 0.05) is 25.9 Å². The highest BCUT2D eigenvalue weighted by Crippen LogP contribution is 2.40. The Hall–Kier alpha value is -2.18. The van der Waals surface area contributed by atoms with Gasteiger partial charge in [-0.15, -0.1) is 0 Å². The van der Waals surface area contributed by atoms with Crippen LogP contribution < -0.4 is 5.32 Å². The Morgan fingerprint density at radius 3 is 2.45 bits per heavy atom. The van der Waals surface area contributed by atoms with E-state index in [1.165, 1.54) is 12.6 Å². The number of hydrogen-bond donors (Lipinski definition) is 1. The summed E-state index contributed by atoms with van der Waals surface area (Å²) in [7, 11) is 0. The van der Waals surface area contributed by atoms with Gasteiger partial charge in [-0.05, 0) is 18.3 Å². The van der Waals surface area contributed by atoms with Crippen LogP contribution in [0.5, 0.6) is 0 Å². The van der Waals surface area contributed by atoms with Crippen molar-refractivity contribution in [1.29, 1.82) is 0 Å². The third-order valence-electron chi connectivity index (χ3n) is 4.10. The van der Waals surface area contributed by atoms with E-state index in [-0.39, 0.29) is 28.9 Å². The largest absolute Gasteiger partial charge is 0.438 e. The molecule has 3 rings (SSSR count). The van der Waals surface area contributed by atoms with E-state index >= 15 is 0 Å². The van der Waals surface area contributed by atoms with Gasteiger partial charge in [-0.25, -0.2) is 4.98 Å². The van der Waals surface area contributed by atoms with E-state index in [1.54, 1.807) is 4.90 Å². The van der Waals surface area contributed by atoms with Crippen LogP contribution in [-0.2, 0) is 9.59 Å². The van der Waals surface area contributed by atoms with Gasteiger partial charge in [-0.1, -0.05) is 0 Å². The molecule has 7 nitrogen and oxygen atoms in total. The fraction of sp³-hybridized carbons (Fsp3) is 0.538. The first kappa shape index (κ1) is 12.8. The van der Waals surface area contributed by atoms with E-state index in [0.29, 0.717) is 38.8 Å². The third kappa shape index (κ3) is 2.31. The quantitative estimate of drug-likeness (QED) is 0.747. The Balaban J connectivity index is 1.66. The fourth-order valence-corrected chi connectivity index (χ4v) is 3.00. The van der Waals surface area contributed by atoms with Crippen LogP contribution in [0.25, 0.3) is 0 Å². The maximum atomic E-state index is 12.1. The zero-order valence-corrected chi connectivity index (χ0v) is 10.9. The van der Waals surface area contributed by atoms with E-state index in [9.17, 15) is 14.4 Å². The summed E-state index contributed by atoms with van der Waals surface area (Å²) in [5, 5.41) is 2.33. The maximum Gasteiger partial charge on any atom is 0.291 e. The summed E-state index contributed by atoms with van der Waals surface area (Å²) in [6, 6.07) is 0. The van der Waals surface area contributed by atoms with Gasteiger partial charge in [-0.2, -0.15) is 0 Å². The topological polar surface area (TPSA) is 92.5 Å². The Labute approximate surface area is 115 Å². The molecule has 0 aliphatic carbocycles. The molecule has 2 aliphatic rings. The van der Waals surface area contributed by atoms with Crippen LogP contribution in [0.4, 0.5) is 0 Å². The molecule has 0 unspecified atom stereocenters. The number of piperidine rings is 2. The second-order valence-electron chi connectivity index (χ2n) is 5.48. The first-order valence-electron chi connectivity index (χ1n) is 6.58. The van der Waals surface area contributed by atoms with Crippen molar-refractivity contribution in [2.24, 2.45) is 5.41 Å². The van der Waals surface area contributed by atoms with Crippen LogP contribution in [0.2, 0.25) is 0 Å². The number of oxazole rings is 1. The summed E-state index contributed by atoms with van der Waals surface area (Å²) in [6.45, 7) is 1.06. The van der Waals surface area contributed by atoms with E-state index in [2.05, 4.69) is 10.3 Å². The molecule has 1 N–H and O–H groups in total. The highest BCUT2D eigenvalue weighted by Gasteiger charge is 2.42. The molecule has 2 fully saturated rings. The molecule has 3 heterocycles. The number of rotatable bonds is 1. The Kier molecular flexibility index (Phi) is 3.04. The minimum Gasteiger partial charge on any atom is -0.438 e. The van der Waals surface area contributed by atoms with Crippen molar-refractivity contribution in [3.8, 4) is 0 Å². The lowest BCUT2D eigenvalue weighted by atomic mass is 9.71. The van der Waals surface area contributed by atoms with Crippen LogP contribution in [0, 0.1) is 5.41 Å². The number of carbonyl (C=O) groups is 3. The average Bonchev–Trinajstić information content (AvgIpc) is 2.91.